The van der Waals surface area contributed by atoms with Crippen LogP contribution in [-0.4, -0.2) is 32.2 Å². The number of hydrogen-bond acceptors (Lipinski definition) is 3. The van der Waals surface area contributed by atoms with Crippen LogP contribution in [0.1, 0.15) is 40.5 Å². The lowest BCUT2D eigenvalue weighted by atomic mass is 9.73. The fourth-order valence-electron chi connectivity index (χ4n) is 3.09. The van der Waals surface area contributed by atoms with Crippen LogP contribution in [0.25, 0.3) is 0 Å². The highest BCUT2D eigenvalue weighted by Gasteiger charge is 2.51. The number of ketones is 1. The van der Waals surface area contributed by atoms with Gasteiger partial charge in [0.2, 0.25) is 5.91 Å². The number of nitrogens with one attached hydrogen (secondary N) is 1. The van der Waals surface area contributed by atoms with Crippen molar-refractivity contribution in [2.24, 2.45) is 11.8 Å². The molecule has 0 saturated carbocycles. The Morgan fingerprint density at radius 2 is 1.95 bits per heavy atom. The Balaban J connectivity index is 2.08. The lowest BCUT2D eigenvalue weighted by molar-refractivity contribution is -0.144. The van der Waals surface area contributed by atoms with Gasteiger partial charge in [0.25, 0.3) is 0 Å². The zero-order chi connectivity index (χ0) is 16.7. The van der Waals surface area contributed by atoms with Crippen molar-refractivity contribution in [1.82, 2.24) is 5.32 Å². The van der Waals surface area contributed by atoms with Gasteiger partial charge >= 0.3 is 0 Å². The van der Waals surface area contributed by atoms with Crippen molar-refractivity contribution in [2.45, 2.75) is 70.8 Å². The van der Waals surface area contributed by atoms with Crippen molar-refractivity contribution in [3.63, 3.8) is 0 Å². The van der Waals surface area contributed by atoms with Crippen LogP contribution >= 0.6 is 0 Å². The Hall–Kier alpha value is -0.943. The monoisotopic (exact) mass is 323 g/mol. The first-order valence-electron chi connectivity index (χ1n) is 8.23. The molecule has 1 amide bonds. The Bertz CT molecular complexity index is 493. The van der Waals surface area contributed by atoms with E-state index in [1.165, 1.54) is 0 Å². The average Bonchev–Trinajstić information content (AvgIpc) is 2.34. The molecule has 0 unspecified atom stereocenters. The highest BCUT2D eigenvalue weighted by Crippen LogP contribution is 2.40. The van der Waals surface area contributed by atoms with E-state index in [0.29, 0.717) is 0 Å². The first-order chi connectivity index (χ1) is 10.0. The normalized spacial score (nSPS) is 30.7. The number of allylic oxidation sites excluding steroid dienone is 2. The van der Waals surface area contributed by atoms with Gasteiger partial charge < -0.3 is 9.74 Å². The molecule has 1 fully saturated rings. The van der Waals surface area contributed by atoms with Gasteiger partial charge in [-0.2, -0.15) is 0 Å². The van der Waals surface area contributed by atoms with E-state index in [4.69, 9.17) is 4.43 Å². The van der Waals surface area contributed by atoms with Crippen LogP contribution in [0.5, 0.6) is 0 Å². The van der Waals surface area contributed by atoms with E-state index in [-0.39, 0.29) is 40.7 Å². The van der Waals surface area contributed by atoms with Gasteiger partial charge in [-0.1, -0.05) is 26.8 Å². The Labute approximate surface area is 134 Å². The number of β-lactam (4-membered cyclic amide) rings is 1. The van der Waals surface area contributed by atoms with Gasteiger partial charge in [-0.25, -0.2) is 0 Å². The largest absolute Gasteiger partial charge is 0.413 e. The van der Waals surface area contributed by atoms with E-state index in [0.717, 1.165) is 12.8 Å². The third kappa shape index (κ3) is 3.20. The minimum Gasteiger partial charge on any atom is -0.413 e. The molecule has 1 aliphatic carbocycles. The molecule has 0 aromatic heterocycles. The summed E-state index contributed by atoms with van der Waals surface area (Å²) >= 11 is 0. The van der Waals surface area contributed by atoms with Crippen molar-refractivity contribution in [3.05, 3.63) is 12.2 Å². The summed E-state index contributed by atoms with van der Waals surface area (Å²) in [6, 6.07) is -0.0651. The summed E-state index contributed by atoms with van der Waals surface area (Å²) < 4.78 is 6.38. The molecule has 0 spiro atoms. The molecule has 22 heavy (non-hydrogen) atoms. The maximum Gasteiger partial charge on any atom is 0.228 e. The van der Waals surface area contributed by atoms with Crippen LogP contribution in [-0.2, 0) is 14.0 Å². The molecule has 0 aromatic rings. The van der Waals surface area contributed by atoms with Gasteiger partial charge in [0, 0.05) is 5.92 Å². The first kappa shape index (κ1) is 17.4. The number of hydrogen-bond donors (Lipinski definition) is 1. The summed E-state index contributed by atoms with van der Waals surface area (Å²) in [5.74, 6) is -0.118. The van der Waals surface area contributed by atoms with E-state index in [9.17, 15) is 9.59 Å². The number of rotatable bonds is 4. The maximum absolute atomic E-state index is 12.1. The van der Waals surface area contributed by atoms with Crippen LogP contribution in [0.4, 0.5) is 0 Å². The minimum absolute atomic E-state index is 0.0264. The second kappa shape index (κ2) is 5.93. The van der Waals surface area contributed by atoms with Crippen LogP contribution in [0.15, 0.2) is 12.2 Å². The molecule has 0 radical (unpaired) electrons. The summed E-state index contributed by atoms with van der Waals surface area (Å²) in [6.45, 7) is 13.0. The summed E-state index contributed by atoms with van der Waals surface area (Å²) in [7, 11) is -1.92. The third-order valence-electron chi connectivity index (χ3n) is 5.52. The Kier molecular flexibility index (Phi) is 4.69. The van der Waals surface area contributed by atoms with Gasteiger partial charge in [0.1, 0.15) is 0 Å². The van der Waals surface area contributed by atoms with Crippen LogP contribution in [0.3, 0.4) is 0 Å². The molecule has 2 rings (SSSR count). The van der Waals surface area contributed by atoms with E-state index in [1.807, 2.05) is 13.0 Å². The average molecular weight is 324 g/mol. The predicted molar refractivity (Wildman–Crippen MR) is 90.0 cm³/mol. The van der Waals surface area contributed by atoms with Gasteiger partial charge in [0.15, 0.2) is 14.1 Å². The summed E-state index contributed by atoms with van der Waals surface area (Å²) in [5.41, 5.74) is 0. The molecule has 0 aromatic carbocycles. The summed E-state index contributed by atoms with van der Waals surface area (Å²) in [4.78, 5) is 24.1. The fourth-order valence-corrected chi connectivity index (χ4v) is 4.52. The molecule has 4 nitrogen and oxygen atoms in total. The van der Waals surface area contributed by atoms with E-state index < -0.39 is 8.32 Å². The van der Waals surface area contributed by atoms with Crippen LogP contribution in [0.2, 0.25) is 18.1 Å². The second-order valence-electron chi connectivity index (χ2n) is 8.13. The topological polar surface area (TPSA) is 55.4 Å². The van der Waals surface area contributed by atoms with Gasteiger partial charge in [-0.05, 0) is 44.0 Å². The molecular weight excluding hydrogens is 294 g/mol. The van der Waals surface area contributed by atoms with Crippen molar-refractivity contribution in [1.29, 1.82) is 0 Å². The molecular formula is C17H29NO3Si. The number of carbonyl (C=O) groups is 2. The smallest absolute Gasteiger partial charge is 0.228 e. The molecule has 4 atom stereocenters. The van der Waals surface area contributed by atoms with Crippen molar-refractivity contribution >= 4 is 20.0 Å². The first-order valence-corrected chi connectivity index (χ1v) is 11.1. The van der Waals surface area contributed by atoms with Crippen LogP contribution < -0.4 is 5.32 Å². The lowest BCUT2D eigenvalue weighted by Gasteiger charge is -2.47. The SMILES string of the molecule is C[C@@H](O[Si](C)(C)C(C)(C)C)[C@H]1C(=O)N[C@@H]1[C@H]1CCC=CC1=O. The van der Waals surface area contributed by atoms with Crippen molar-refractivity contribution in [2.75, 3.05) is 0 Å². The summed E-state index contributed by atoms with van der Waals surface area (Å²) in [6.07, 6.45) is 5.17. The molecule has 2 aliphatic rings. The highest BCUT2D eigenvalue weighted by molar-refractivity contribution is 6.74. The standard InChI is InChI=1S/C17H29NO3Si/c1-11(21-22(5,6)17(2,3)4)14-15(18-16(14)20)12-9-7-8-10-13(12)19/h8,10-12,14-15H,7,9H2,1-6H3,(H,18,20)/t11-,12+,14-,15-/m1/s1. The molecule has 5 heteroatoms. The summed E-state index contributed by atoms with van der Waals surface area (Å²) in [5, 5.41) is 3.05. The predicted octanol–water partition coefficient (Wildman–Crippen LogP) is 3.05. The van der Waals surface area contributed by atoms with Crippen LogP contribution in [0, 0.1) is 11.8 Å². The molecule has 0 bridgehead atoms. The van der Waals surface area contributed by atoms with E-state index in [1.54, 1.807) is 6.08 Å². The maximum atomic E-state index is 12.1. The van der Waals surface area contributed by atoms with E-state index in [2.05, 4.69) is 39.2 Å². The van der Waals surface area contributed by atoms with Gasteiger partial charge in [-0.15, -0.1) is 0 Å². The molecule has 1 saturated heterocycles. The fraction of sp³-hybridized carbons (Fsp3) is 0.765. The third-order valence-corrected chi connectivity index (χ3v) is 10.1. The Morgan fingerprint density at radius 1 is 1.32 bits per heavy atom. The number of amides is 1. The second-order valence-corrected chi connectivity index (χ2v) is 12.9. The van der Waals surface area contributed by atoms with E-state index >= 15 is 0 Å². The molecule has 124 valence electrons. The molecule has 1 N–H and O–H groups in total. The minimum atomic E-state index is -1.92. The zero-order valence-corrected chi connectivity index (χ0v) is 15.6. The number of carbonyl (C=O) groups excluding carboxylic acids is 2. The quantitative estimate of drug-likeness (QED) is 0.639. The Morgan fingerprint density at radius 3 is 2.45 bits per heavy atom. The molecule has 1 aliphatic heterocycles. The van der Waals surface area contributed by atoms with Gasteiger partial charge in [-0.3, -0.25) is 9.59 Å². The van der Waals surface area contributed by atoms with Crippen molar-refractivity contribution < 1.29 is 14.0 Å². The highest BCUT2D eigenvalue weighted by atomic mass is 28.4. The lowest BCUT2D eigenvalue weighted by Crippen LogP contribution is -2.67. The van der Waals surface area contributed by atoms with Crippen molar-refractivity contribution in [3.8, 4) is 0 Å². The molecule has 1 heterocycles. The van der Waals surface area contributed by atoms with Gasteiger partial charge in [0.05, 0.1) is 18.1 Å². The zero-order valence-electron chi connectivity index (χ0n) is 14.6.